The molecule has 0 aliphatic carbocycles. The highest BCUT2D eigenvalue weighted by Crippen LogP contribution is 2.31. The van der Waals surface area contributed by atoms with Crippen molar-refractivity contribution in [1.29, 1.82) is 5.41 Å². The summed E-state index contributed by atoms with van der Waals surface area (Å²) in [5.41, 5.74) is 6.17. The van der Waals surface area contributed by atoms with Crippen molar-refractivity contribution in [2.45, 2.75) is 12.1 Å². The molecule has 0 spiro atoms. The number of ether oxygens (including phenoxy) is 1. The van der Waals surface area contributed by atoms with Gasteiger partial charge in [0.1, 0.15) is 0 Å². The number of halogens is 4. The molecule has 2 saturated heterocycles. The zero-order valence-electron chi connectivity index (χ0n) is 17.5. The van der Waals surface area contributed by atoms with Crippen LogP contribution >= 0.6 is 11.6 Å². The van der Waals surface area contributed by atoms with E-state index in [2.05, 4.69) is 4.90 Å². The standard InChI is InChI=1S/C23H22ClF3N4O2/c24-21-15(17(9-28)22(27)29)2-1-3-16(21)23(32)31-7-6-30-11-20(33-12-14(30)10-31)13-4-5-18(25)19(26)8-13/h1-5,8-9,14,20,29H,6-7,10-12,28H2/b17-9-,29-22?/t14-,20-/m0/s1. The Morgan fingerprint density at radius 2 is 1.91 bits per heavy atom. The lowest BCUT2D eigenvalue weighted by atomic mass is 10.0. The molecule has 0 bridgehead atoms. The van der Waals surface area contributed by atoms with E-state index in [1.165, 1.54) is 12.1 Å². The van der Waals surface area contributed by atoms with Gasteiger partial charge in [0.2, 0.25) is 5.97 Å². The number of nitrogens with two attached hydrogens (primary N) is 1. The number of morpholine rings is 1. The van der Waals surface area contributed by atoms with Gasteiger partial charge >= 0.3 is 0 Å². The Bertz CT molecular complexity index is 1130. The van der Waals surface area contributed by atoms with E-state index < -0.39 is 17.6 Å². The third-order valence-corrected chi connectivity index (χ3v) is 6.43. The summed E-state index contributed by atoms with van der Waals surface area (Å²) >= 11 is 6.39. The molecule has 2 fully saturated rings. The average Bonchev–Trinajstić information content (AvgIpc) is 2.81. The first-order valence-corrected chi connectivity index (χ1v) is 10.7. The van der Waals surface area contributed by atoms with E-state index in [0.717, 1.165) is 18.3 Å². The average molecular weight is 479 g/mol. The molecule has 0 unspecified atom stereocenters. The monoisotopic (exact) mass is 478 g/mol. The minimum absolute atomic E-state index is 0.0299. The maximum Gasteiger partial charge on any atom is 0.255 e. The summed E-state index contributed by atoms with van der Waals surface area (Å²) in [7, 11) is 0. The van der Waals surface area contributed by atoms with Crippen molar-refractivity contribution in [1.82, 2.24) is 9.80 Å². The summed E-state index contributed by atoms with van der Waals surface area (Å²) in [6, 6.07) is 8.29. The Labute approximate surface area is 193 Å². The lowest BCUT2D eigenvalue weighted by molar-refractivity contribution is -0.0859. The SMILES string of the molecule is N=C(F)/C(=C\N)c1cccc(C(=O)N2CCN3C[C@@H](c4ccc(F)c(F)c4)OC[C@@H]3C2)c1Cl. The second kappa shape index (κ2) is 9.54. The van der Waals surface area contributed by atoms with E-state index in [1.807, 2.05) is 0 Å². The normalized spacial score (nSPS) is 21.6. The van der Waals surface area contributed by atoms with Crippen LogP contribution in [0.2, 0.25) is 5.02 Å². The van der Waals surface area contributed by atoms with Gasteiger partial charge in [-0.05, 0) is 23.8 Å². The van der Waals surface area contributed by atoms with Gasteiger partial charge in [-0.25, -0.2) is 8.78 Å². The summed E-state index contributed by atoms with van der Waals surface area (Å²) in [6.45, 7) is 2.21. The van der Waals surface area contributed by atoms with Gasteiger partial charge in [-0.1, -0.05) is 29.8 Å². The molecule has 2 atom stereocenters. The number of hydrogen-bond acceptors (Lipinski definition) is 5. The van der Waals surface area contributed by atoms with Crippen LogP contribution in [0, 0.1) is 17.0 Å². The molecule has 2 aliphatic heterocycles. The van der Waals surface area contributed by atoms with Crippen molar-refractivity contribution in [3.63, 3.8) is 0 Å². The third kappa shape index (κ3) is 4.62. The predicted molar refractivity (Wildman–Crippen MR) is 119 cm³/mol. The maximum absolute atomic E-state index is 13.6. The molecule has 4 rings (SSSR count). The zero-order chi connectivity index (χ0) is 23.7. The number of benzene rings is 2. The number of amides is 1. The summed E-state index contributed by atoms with van der Waals surface area (Å²) in [4.78, 5) is 17.0. The van der Waals surface area contributed by atoms with Crippen LogP contribution in [-0.2, 0) is 4.74 Å². The number of hydrogen-bond donors (Lipinski definition) is 2. The third-order valence-electron chi connectivity index (χ3n) is 6.02. The Hall–Kier alpha value is -2.88. The molecule has 33 heavy (non-hydrogen) atoms. The zero-order valence-corrected chi connectivity index (χ0v) is 18.3. The lowest BCUT2D eigenvalue weighted by Crippen LogP contribution is -2.59. The highest BCUT2D eigenvalue weighted by molar-refractivity contribution is 6.37. The molecule has 2 aromatic rings. The summed E-state index contributed by atoms with van der Waals surface area (Å²) < 4.78 is 46.3. The number of piperazine rings is 1. The Balaban J connectivity index is 1.46. The van der Waals surface area contributed by atoms with Crippen LogP contribution in [0.1, 0.15) is 27.6 Å². The van der Waals surface area contributed by atoms with Gasteiger partial charge in [0.05, 0.1) is 34.9 Å². The first-order chi connectivity index (χ1) is 15.8. The van der Waals surface area contributed by atoms with Crippen LogP contribution in [0.4, 0.5) is 13.2 Å². The molecular weight excluding hydrogens is 457 g/mol. The highest BCUT2D eigenvalue weighted by atomic mass is 35.5. The number of rotatable bonds is 4. The van der Waals surface area contributed by atoms with Crippen molar-refractivity contribution in [2.75, 3.05) is 32.8 Å². The fraction of sp³-hybridized carbons (Fsp3) is 0.304. The van der Waals surface area contributed by atoms with Crippen molar-refractivity contribution < 1.29 is 22.7 Å². The molecule has 6 nitrogen and oxygen atoms in total. The number of nitrogens with zero attached hydrogens (tertiary/aromatic N) is 2. The van der Waals surface area contributed by atoms with Crippen LogP contribution in [0.3, 0.4) is 0 Å². The van der Waals surface area contributed by atoms with Crippen LogP contribution < -0.4 is 5.73 Å². The molecule has 3 N–H and O–H groups in total. The predicted octanol–water partition coefficient (Wildman–Crippen LogP) is 3.76. The molecule has 2 aromatic carbocycles. The number of carbonyl (C=O) groups excluding carboxylic acids is 1. The Morgan fingerprint density at radius 1 is 1.15 bits per heavy atom. The summed E-state index contributed by atoms with van der Waals surface area (Å²) in [5.74, 6) is -3.37. The van der Waals surface area contributed by atoms with Crippen molar-refractivity contribution in [3.05, 3.63) is 75.9 Å². The molecule has 174 valence electrons. The highest BCUT2D eigenvalue weighted by Gasteiger charge is 2.36. The molecule has 2 aliphatic rings. The van der Waals surface area contributed by atoms with Crippen molar-refractivity contribution in [3.8, 4) is 0 Å². The Morgan fingerprint density at radius 3 is 2.61 bits per heavy atom. The molecule has 10 heteroatoms. The largest absolute Gasteiger partial charge is 0.404 e. The fourth-order valence-electron chi connectivity index (χ4n) is 4.24. The van der Waals surface area contributed by atoms with Crippen LogP contribution in [-0.4, -0.2) is 60.5 Å². The van der Waals surface area contributed by atoms with Crippen molar-refractivity contribution >= 4 is 29.0 Å². The van der Waals surface area contributed by atoms with E-state index in [1.54, 1.807) is 17.0 Å². The topological polar surface area (TPSA) is 82.6 Å². The van der Waals surface area contributed by atoms with Gasteiger partial charge in [0, 0.05) is 37.9 Å². The van der Waals surface area contributed by atoms with E-state index in [0.29, 0.717) is 38.3 Å². The first kappa shape index (κ1) is 23.3. The second-order valence-electron chi connectivity index (χ2n) is 7.96. The van der Waals surface area contributed by atoms with E-state index in [4.69, 9.17) is 27.5 Å². The van der Waals surface area contributed by atoms with Gasteiger partial charge in [-0.3, -0.25) is 15.1 Å². The van der Waals surface area contributed by atoms with Crippen LogP contribution in [0.25, 0.3) is 5.57 Å². The molecule has 1 amide bonds. The smallest absolute Gasteiger partial charge is 0.255 e. The van der Waals surface area contributed by atoms with Gasteiger partial charge in [0.15, 0.2) is 11.6 Å². The molecular formula is C23H22ClF3N4O2. The summed E-state index contributed by atoms with van der Waals surface area (Å²) in [6.07, 6.45) is 0.557. The van der Waals surface area contributed by atoms with Gasteiger partial charge in [-0.2, -0.15) is 4.39 Å². The number of fused-ring (bicyclic) bond motifs is 1. The minimum atomic E-state index is -1.24. The first-order valence-electron chi connectivity index (χ1n) is 10.3. The summed E-state index contributed by atoms with van der Waals surface area (Å²) in [5, 5.41) is 7.26. The molecule has 0 saturated carbocycles. The van der Waals surface area contributed by atoms with Crippen molar-refractivity contribution in [2.24, 2.45) is 5.73 Å². The molecule has 0 radical (unpaired) electrons. The fourth-order valence-corrected chi connectivity index (χ4v) is 4.55. The molecule has 2 heterocycles. The van der Waals surface area contributed by atoms with Gasteiger partial charge in [-0.15, -0.1) is 0 Å². The quantitative estimate of drug-likeness (QED) is 0.655. The number of carbonyl (C=O) groups is 1. The second-order valence-corrected chi connectivity index (χ2v) is 8.33. The van der Waals surface area contributed by atoms with Gasteiger partial charge < -0.3 is 15.4 Å². The van der Waals surface area contributed by atoms with Gasteiger partial charge in [0.25, 0.3) is 5.91 Å². The molecule has 0 aromatic heterocycles. The number of nitrogens with one attached hydrogen (secondary N) is 1. The van der Waals surface area contributed by atoms with E-state index in [-0.39, 0.29) is 39.8 Å². The number of allylic oxidation sites excluding steroid dienone is 1. The van der Waals surface area contributed by atoms with E-state index >= 15 is 0 Å². The lowest BCUT2D eigenvalue weighted by Gasteiger charge is -2.46. The van der Waals surface area contributed by atoms with Crippen LogP contribution in [0.15, 0.2) is 42.6 Å². The minimum Gasteiger partial charge on any atom is -0.404 e. The van der Waals surface area contributed by atoms with E-state index in [9.17, 15) is 18.0 Å². The van der Waals surface area contributed by atoms with Crippen LogP contribution in [0.5, 0.6) is 0 Å². The maximum atomic E-state index is 13.6. The Kier molecular flexibility index (Phi) is 6.73.